The van der Waals surface area contributed by atoms with Crippen LogP contribution >= 0.6 is 0 Å². The van der Waals surface area contributed by atoms with Gasteiger partial charge in [-0.2, -0.15) is 5.10 Å². The molecule has 0 aliphatic heterocycles. The molecular weight excluding hydrogens is 280 g/mol. The molecule has 8 heteroatoms. The third kappa shape index (κ3) is 2.37. The highest BCUT2D eigenvalue weighted by molar-refractivity contribution is 5.59. The van der Waals surface area contributed by atoms with Crippen molar-refractivity contribution < 1.29 is 0 Å². The van der Waals surface area contributed by atoms with E-state index in [1.807, 2.05) is 24.5 Å². The summed E-state index contributed by atoms with van der Waals surface area (Å²) in [5, 5.41) is 12.5. The van der Waals surface area contributed by atoms with Gasteiger partial charge in [0, 0.05) is 36.5 Å². The summed E-state index contributed by atoms with van der Waals surface area (Å²) in [5.74, 6) is 0.833. The van der Waals surface area contributed by atoms with Gasteiger partial charge in [-0.05, 0) is 12.1 Å². The first-order chi connectivity index (χ1) is 10.9. The number of hydrogen-bond donors (Lipinski definition) is 1. The Labute approximate surface area is 125 Å². The zero-order valence-electron chi connectivity index (χ0n) is 11.5. The smallest absolute Gasteiger partial charge is 0.127 e. The van der Waals surface area contributed by atoms with E-state index in [0.29, 0.717) is 6.54 Å². The Morgan fingerprint density at radius 3 is 3.00 bits per heavy atom. The van der Waals surface area contributed by atoms with Crippen LogP contribution in [0.3, 0.4) is 0 Å². The van der Waals surface area contributed by atoms with Gasteiger partial charge in [0.25, 0.3) is 0 Å². The Morgan fingerprint density at radius 2 is 2.18 bits per heavy atom. The standard InChI is InChI=1S/C14H12N8/c1-2-18-22(5-1)12-6-11(7-15-8-12)13-9-21(20-19-13)10-14-16-3-4-17-14/h1-9H,10H2,(H,16,17). The number of nitrogens with one attached hydrogen (secondary N) is 1. The number of hydrogen-bond acceptors (Lipinski definition) is 5. The van der Waals surface area contributed by atoms with Gasteiger partial charge >= 0.3 is 0 Å². The van der Waals surface area contributed by atoms with Gasteiger partial charge in [-0.15, -0.1) is 5.10 Å². The molecule has 0 atom stereocenters. The van der Waals surface area contributed by atoms with Crippen LogP contribution in [0.4, 0.5) is 0 Å². The second-order valence-electron chi connectivity index (χ2n) is 4.72. The summed E-state index contributed by atoms with van der Waals surface area (Å²) < 4.78 is 3.48. The lowest BCUT2D eigenvalue weighted by molar-refractivity contribution is 0.629. The van der Waals surface area contributed by atoms with Crippen LogP contribution in [0.1, 0.15) is 5.82 Å². The number of nitrogens with zero attached hydrogens (tertiary/aromatic N) is 7. The van der Waals surface area contributed by atoms with E-state index in [9.17, 15) is 0 Å². The van der Waals surface area contributed by atoms with Crippen molar-refractivity contribution in [2.45, 2.75) is 6.54 Å². The molecule has 4 aromatic heterocycles. The largest absolute Gasteiger partial charge is 0.347 e. The Morgan fingerprint density at radius 1 is 1.18 bits per heavy atom. The zero-order chi connectivity index (χ0) is 14.8. The van der Waals surface area contributed by atoms with Crippen LogP contribution in [-0.2, 0) is 6.54 Å². The summed E-state index contributed by atoms with van der Waals surface area (Å²) in [5.41, 5.74) is 2.52. The maximum atomic E-state index is 4.25. The highest BCUT2D eigenvalue weighted by Gasteiger charge is 2.07. The number of aromatic nitrogens is 8. The minimum atomic E-state index is 0.548. The molecule has 4 rings (SSSR count). The quantitative estimate of drug-likeness (QED) is 0.612. The highest BCUT2D eigenvalue weighted by Crippen LogP contribution is 2.18. The molecule has 0 saturated carbocycles. The molecular formula is C14H12N8. The van der Waals surface area contributed by atoms with Crippen molar-refractivity contribution in [2.24, 2.45) is 0 Å². The van der Waals surface area contributed by atoms with Crippen molar-refractivity contribution in [1.82, 2.24) is 39.7 Å². The third-order valence-electron chi connectivity index (χ3n) is 3.19. The SMILES string of the molecule is c1cnn(-c2cncc(-c3cn(Cc4ncc[nH]4)nn3)c2)c1. The zero-order valence-corrected chi connectivity index (χ0v) is 11.5. The molecule has 0 saturated heterocycles. The maximum absolute atomic E-state index is 4.25. The summed E-state index contributed by atoms with van der Waals surface area (Å²) in [6.45, 7) is 0.548. The summed E-state index contributed by atoms with van der Waals surface area (Å²) in [7, 11) is 0. The van der Waals surface area contributed by atoms with Gasteiger partial charge in [0.15, 0.2) is 0 Å². The lowest BCUT2D eigenvalue weighted by Gasteiger charge is -2.02. The molecule has 8 nitrogen and oxygen atoms in total. The van der Waals surface area contributed by atoms with Crippen molar-refractivity contribution >= 4 is 0 Å². The average Bonchev–Trinajstić information content (AvgIpc) is 3.31. The Kier molecular flexibility index (Phi) is 2.97. The van der Waals surface area contributed by atoms with Crippen LogP contribution in [0.2, 0.25) is 0 Å². The first-order valence-corrected chi connectivity index (χ1v) is 6.72. The lowest BCUT2D eigenvalue weighted by Crippen LogP contribution is -2.01. The van der Waals surface area contributed by atoms with Crippen molar-refractivity contribution in [2.75, 3.05) is 0 Å². The maximum Gasteiger partial charge on any atom is 0.127 e. The Bertz CT molecular complexity index is 860. The van der Waals surface area contributed by atoms with E-state index < -0.39 is 0 Å². The first kappa shape index (κ1) is 12.5. The predicted molar refractivity (Wildman–Crippen MR) is 78.1 cm³/mol. The molecule has 0 fully saturated rings. The number of rotatable bonds is 4. The number of imidazole rings is 1. The van der Waals surface area contributed by atoms with Gasteiger partial charge in [0.2, 0.25) is 0 Å². The van der Waals surface area contributed by atoms with E-state index in [2.05, 4.69) is 30.4 Å². The van der Waals surface area contributed by atoms with E-state index in [0.717, 1.165) is 22.8 Å². The highest BCUT2D eigenvalue weighted by atomic mass is 15.4. The number of pyridine rings is 1. The normalized spacial score (nSPS) is 10.9. The summed E-state index contributed by atoms with van der Waals surface area (Å²) in [6.07, 6.45) is 12.5. The third-order valence-corrected chi connectivity index (χ3v) is 3.19. The molecule has 0 amide bonds. The van der Waals surface area contributed by atoms with Crippen molar-refractivity contribution in [3.8, 4) is 16.9 Å². The molecule has 0 unspecified atom stereocenters. The van der Waals surface area contributed by atoms with Crippen molar-refractivity contribution in [1.29, 1.82) is 0 Å². The number of H-pyrrole nitrogens is 1. The Balaban J connectivity index is 1.62. The van der Waals surface area contributed by atoms with Crippen LogP contribution in [0.15, 0.2) is 55.5 Å². The topological polar surface area (TPSA) is 90.1 Å². The van der Waals surface area contributed by atoms with E-state index in [-0.39, 0.29) is 0 Å². The van der Waals surface area contributed by atoms with E-state index in [1.165, 1.54) is 0 Å². The van der Waals surface area contributed by atoms with E-state index in [1.54, 1.807) is 40.3 Å². The van der Waals surface area contributed by atoms with Gasteiger partial charge in [0.1, 0.15) is 18.1 Å². The molecule has 1 N–H and O–H groups in total. The van der Waals surface area contributed by atoms with Gasteiger partial charge < -0.3 is 4.98 Å². The molecule has 4 aromatic rings. The van der Waals surface area contributed by atoms with Gasteiger partial charge in [0.05, 0.1) is 18.1 Å². The molecule has 22 heavy (non-hydrogen) atoms. The first-order valence-electron chi connectivity index (χ1n) is 6.72. The minimum absolute atomic E-state index is 0.548. The van der Waals surface area contributed by atoms with Crippen molar-refractivity contribution in [3.63, 3.8) is 0 Å². The molecule has 0 radical (unpaired) electrons. The minimum Gasteiger partial charge on any atom is -0.347 e. The van der Waals surface area contributed by atoms with Gasteiger partial charge in [-0.3, -0.25) is 4.98 Å². The fourth-order valence-electron chi connectivity index (χ4n) is 2.16. The van der Waals surface area contributed by atoms with Crippen LogP contribution in [0, 0.1) is 0 Å². The van der Waals surface area contributed by atoms with Crippen molar-refractivity contribution in [3.05, 3.63) is 61.3 Å². The predicted octanol–water partition coefficient (Wildman–Crippen LogP) is 1.30. The number of aromatic amines is 1. The molecule has 4 heterocycles. The van der Waals surface area contributed by atoms with Crippen LogP contribution in [-0.4, -0.2) is 39.7 Å². The summed E-state index contributed by atoms with van der Waals surface area (Å²) >= 11 is 0. The second kappa shape index (κ2) is 5.24. The fourth-order valence-corrected chi connectivity index (χ4v) is 2.16. The van der Waals surface area contributed by atoms with Gasteiger partial charge in [-0.25, -0.2) is 14.3 Å². The molecule has 0 bridgehead atoms. The van der Waals surface area contributed by atoms with Crippen LogP contribution in [0.25, 0.3) is 16.9 Å². The van der Waals surface area contributed by atoms with E-state index >= 15 is 0 Å². The van der Waals surface area contributed by atoms with Crippen LogP contribution < -0.4 is 0 Å². The average molecular weight is 292 g/mol. The molecule has 0 spiro atoms. The molecule has 108 valence electrons. The molecule has 0 aliphatic rings. The van der Waals surface area contributed by atoms with Gasteiger partial charge in [-0.1, -0.05) is 5.21 Å². The second-order valence-corrected chi connectivity index (χ2v) is 4.72. The Hall–Kier alpha value is -3.29. The molecule has 0 aromatic carbocycles. The fraction of sp³-hybridized carbons (Fsp3) is 0.0714. The van der Waals surface area contributed by atoms with E-state index in [4.69, 9.17) is 0 Å². The molecule has 0 aliphatic carbocycles. The lowest BCUT2D eigenvalue weighted by atomic mass is 10.2. The summed E-state index contributed by atoms with van der Waals surface area (Å²) in [6, 6.07) is 3.84. The summed E-state index contributed by atoms with van der Waals surface area (Å²) in [4.78, 5) is 11.5. The monoisotopic (exact) mass is 292 g/mol. The van der Waals surface area contributed by atoms with Crippen LogP contribution in [0.5, 0.6) is 0 Å².